The first-order valence-electron chi connectivity index (χ1n) is 10.1. The number of hydrogen-bond acceptors (Lipinski definition) is 4. The number of carboxylic acid groups (broad SMARTS) is 1. The standard InChI is InChI=1S/C21H26N2O5/c24-19(12-7-9-16(10-8-12)28-15-3-1-2-4-15)22-23-20(25)17-13-5-6-14(11-13)18(17)21(26)27/h7-10,13-15,17-18H,1-6,11H2,(H,22,24)(H,23,25)(H,26,27)/t13-,14+,17-,18+/m0/s1. The summed E-state index contributed by atoms with van der Waals surface area (Å²) in [5.41, 5.74) is 5.25. The maximum absolute atomic E-state index is 12.5. The molecule has 4 rings (SSSR count). The van der Waals surface area contributed by atoms with Crippen molar-refractivity contribution in [3.8, 4) is 5.75 Å². The van der Waals surface area contributed by atoms with Crippen molar-refractivity contribution >= 4 is 17.8 Å². The van der Waals surface area contributed by atoms with Crippen LogP contribution in [0.3, 0.4) is 0 Å². The second-order valence-corrected chi connectivity index (χ2v) is 8.22. The molecule has 2 bridgehead atoms. The van der Waals surface area contributed by atoms with Crippen molar-refractivity contribution in [2.75, 3.05) is 0 Å². The van der Waals surface area contributed by atoms with Gasteiger partial charge in [0.1, 0.15) is 5.75 Å². The Labute approximate surface area is 163 Å². The van der Waals surface area contributed by atoms with Gasteiger partial charge in [-0.2, -0.15) is 0 Å². The molecular weight excluding hydrogens is 360 g/mol. The lowest BCUT2D eigenvalue weighted by Gasteiger charge is -2.27. The van der Waals surface area contributed by atoms with Gasteiger partial charge in [-0.25, -0.2) is 0 Å². The van der Waals surface area contributed by atoms with E-state index >= 15 is 0 Å². The number of carbonyl (C=O) groups excluding carboxylic acids is 2. The highest BCUT2D eigenvalue weighted by molar-refractivity contribution is 5.96. The van der Waals surface area contributed by atoms with Crippen LogP contribution in [-0.2, 0) is 9.59 Å². The fraction of sp³-hybridized carbons (Fsp3) is 0.571. The molecule has 0 heterocycles. The Hall–Kier alpha value is -2.57. The monoisotopic (exact) mass is 386 g/mol. The van der Waals surface area contributed by atoms with Crippen LogP contribution in [-0.4, -0.2) is 29.0 Å². The average molecular weight is 386 g/mol. The zero-order valence-corrected chi connectivity index (χ0v) is 15.7. The van der Waals surface area contributed by atoms with Crippen LogP contribution in [0.1, 0.15) is 55.3 Å². The van der Waals surface area contributed by atoms with E-state index in [0.717, 1.165) is 37.9 Å². The first-order valence-corrected chi connectivity index (χ1v) is 10.1. The molecule has 7 nitrogen and oxygen atoms in total. The highest BCUT2D eigenvalue weighted by Gasteiger charge is 2.54. The molecule has 3 N–H and O–H groups in total. The van der Waals surface area contributed by atoms with Crippen LogP contribution in [0.15, 0.2) is 24.3 Å². The van der Waals surface area contributed by atoms with Crippen molar-refractivity contribution < 1.29 is 24.2 Å². The first-order chi connectivity index (χ1) is 13.5. The van der Waals surface area contributed by atoms with Gasteiger partial charge in [0.15, 0.2) is 0 Å². The molecule has 0 saturated heterocycles. The number of hydrogen-bond donors (Lipinski definition) is 3. The molecule has 2 amide bonds. The second kappa shape index (κ2) is 7.81. The maximum Gasteiger partial charge on any atom is 0.307 e. The van der Waals surface area contributed by atoms with Crippen molar-refractivity contribution in [3.63, 3.8) is 0 Å². The highest BCUT2D eigenvalue weighted by atomic mass is 16.5. The Morgan fingerprint density at radius 3 is 2.18 bits per heavy atom. The van der Waals surface area contributed by atoms with Crippen molar-refractivity contribution in [3.05, 3.63) is 29.8 Å². The summed E-state index contributed by atoms with van der Waals surface area (Å²) in [6.07, 6.45) is 7.29. The van der Waals surface area contributed by atoms with Crippen molar-refractivity contribution in [2.24, 2.45) is 23.7 Å². The SMILES string of the molecule is O=C(NNC(=O)[C@H]1[C@H]2CC[C@H](C2)[C@H]1C(=O)O)c1ccc(OC2CCCC2)cc1. The Kier molecular flexibility index (Phi) is 5.24. The number of nitrogens with one attached hydrogen (secondary N) is 2. The number of carbonyl (C=O) groups is 3. The molecule has 0 spiro atoms. The van der Waals surface area contributed by atoms with Gasteiger partial charge in [-0.1, -0.05) is 0 Å². The number of aliphatic carboxylic acids is 1. The van der Waals surface area contributed by atoms with Gasteiger partial charge in [0, 0.05) is 5.56 Å². The lowest BCUT2D eigenvalue weighted by molar-refractivity contribution is -0.149. The molecule has 0 radical (unpaired) electrons. The van der Waals surface area contributed by atoms with Gasteiger partial charge in [0.25, 0.3) is 5.91 Å². The van der Waals surface area contributed by atoms with Crippen LogP contribution in [0.25, 0.3) is 0 Å². The summed E-state index contributed by atoms with van der Waals surface area (Å²) in [7, 11) is 0. The molecule has 3 aliphatic carbocycles. The van der Waals surface area contributed by atoms with E-state index in [1.54, 1.807) is 24.3 Å². The van der Waals surface area contributed by atoms with Gasteiger partial charge in [-0.15, -0.1) is 0 Å². The minimum atomic E-state index is -0.920. The number of amides is 2. The molecule has 7 heteroatoms. The summed E-state index contributed by atoms with van der Waals surface area (Å²) in [4.78, 5) is 36.4. The summed E-state index contributed by atoms with van der Waals surface area (Å²) in [6.45, 7) is 0. The van der Waals surface area contributed by atoms with E-state index in [9.17, 15) is 19.5 Å². The topological polar surface area (TPSA) is 105 Å². The summed E-state index contributed by atoms with van der Waals surface area (Å²) >= 11 is 0. The molecule has 1 aromatic rings. The minimum Gasteiger partial charge on any atom is -0.490 e. The normalized spacial score (nSPS) is 28.9. The lowest BCUT2D eigenvalue weighted by Crippen LogP contribution is -2.48. The molecule has 0 aliphatic heterocycles. The van der Waals surface area contributed by atoms with E-state index in [0.29, 0.717) is 5.56 Å². The van der Waals surface area contributed by atoms with Gasteiger partial charge in [-0.3, -0.25) is 25.2 Å². The van der Waals surface area contributed by atoms with Gasteiger partial charge >= 0.3 is 5.97 Å². The lowest BCUT2D eigenvalue weighted by atomic mass is 9.79. The average Bonchev–Trinajstić information content (AvgIpc) is 3.43. The van der Waals surface area contributed by atoms with Crippen molar-refractivity contribution in [1.82, 2.24) is 10.9 Å². The molecule has 0 unspecified atom stereocenters. The summed E-state index contributed by atoms with van der Waals surface area (Å²) in [5, 5.41) is 9.46. The zero-order chi connectivity index (χ0) is 19.7. The van der Waals surface area contributed by atoms with E-state index < -0.39 is 29.6 Å². The molecular formula is C21H26N2O5. The first kappa shape index (κ1) is 18.8. The van der Waals surface area contributed by atoms with Crippen LogP contribution in [0.4, 0.5) is 0 Å². The van der Waals surface area contributed by atoms with E-state index in [2.05, 4.69) is 10.9 Å². The number of rotatable bonds is 5. The molecule has 1 aromatic carbocycles. The third-order valence-corrected chi connectivity index (χ3v) is 6.52. The van der Waals surface area contributed by atoms with E-state index in [1.165, 1.54) is 12.8 Å². The maximum atomic E-state index is 12.5. The third kappa shape index (κ3) is 3.70. The number of ether oxygens (including phenoxy) is 1. The zero-order valence-electron chi connectivity index (χ0n) is 15.7. The fourth-order valence-electron chi connectivity index (χ4n) is 5.18. The number of carboxylic acids is 1. The van der Waals surface area contributed by atoms with E-state index in [1.807, 2.05) is 0 Å². The number of hydrazine groups is 1. The minimum absolute atomic E-state index is 0.0707. The predicted molar refractivity (Wildman–Crippen MR) is 100 cm³/mol. The fourth-order valence-corrected chi connectivity index (χ4v) is 5.18. The summed E-state index contributed by atoms with van der Waals surface area (Å²) in [5.74, 6) is -2.09. The van der Waals surface area contributed by atoms with E-state index in [-0.39, 0.29) is 17.9 Å². The Morgan fingerprint density at radius 1 is 0.893 bits per heavy atom. The molecule has 28 heavy (non-hydrogen) atoms. The Morgan fingerprint density at radius 2 is 1.54 bits per heavy atom. The van der Waals surface area contributed by atoms with Gasteiger partial charge in [-0.05, 0) is 81.0 Å². The third-order valence-electron chi connectivity index (χ3n) is 6.52. The predicted octanol–water partition coefficient (Wildman–Crippen LogP) is 2.52. The highest BCUT2D eigenvalue weighted by Crippen LogP contribution is 2.52. The largest absolute Gasteiger partial charge is 0.490 e. The molecule has 0 aromatic heterocycles. The summed E-state index contributed by atoms with van der Waals surface area (Å²) < 4.78 is 5.88. The van der Waals surface area contributed by atoms with Crippen molar-refractivity contribution in [2.45, 2.75) is 51.0 Å². The molecule has 3 saturated carbocycles. The van der Waals surface area contributed by atoms with E-state index in [4.69, 9.17) is 4.74 Å². The smallest absolute Gasteiger partial charge is 0.307 e. The molecule has 4 atom stereocenters. The van der Waals surface area contributed by atoms with Crippen LogP contribution in [0.2, 0.25) is 0 Å². The number of fused-ring (bicyclic) bond motifs is 2. The van der Waals surface area contributed by atoms with Gasteiger partial charge in [0.05, 0.1) is 17.9 Å². The second-order valence-electron chi connectivity index (χ2n) is 8.22. The molecule has 150 valence electrons. The van der Waals surface area contributed by atoms with Crippen LogP contribution in [0, 0.1) is 23.7 Å². The Bertz CT molecular complexity index is 757. The Balaban J connectivity index is 1.31. The van der Waals surface area contributed by atoms with Gasteiger partial charge < -0.3 is 9.84 Å². The quantitative estimate of drug-likeness (QED) is 0.675. The van der Waals surface area contributed by atoms with Crippen LogP contribution in [0.5, 0.6) is 5.75 Å². The van der Waals surface area contributed by atoms with Crippen LogP contribution >= 0.6 is 0 Å². The number of benzene rings is 1. The molecule has 3 fully saturated rings. The van der Waals surface area contributed by atoms with Gasteiger partial charge in [0.2, 0.25) is 5.91 Å². The van der Waals surface area contributed by atoms with Crippen molar-refractivity contribution in [1.29, 1.82) is 0 Å². The summed E-state index contributed by atoms with van der Waals surface area (Å²) in [6, 6.07) is 6.82. The molecule has 3 aliphatic rings. The van der Waals surface area contributed by atoms with Crippen LogP contribution < -0.4 is 15.6 Å².